The topological polar surface area (TPSA) is 38.7 Å². The first-order valence-corrected chi connectivity index (χ1v) is 23.3. The van der Waals surface area contributed by atoms with Gasteiger partial charge in [-0.05, 0) is 109 Å². The van der Waals surface area contributed by atoms with Crippen molar-refractivity contribution < 1.29 is 0 Å². The third-order valence-electron chi connectivity index (χ3n) is 14.0. The van der Waals surface area contributed by atoms with Crippen molar-refractivity contribution in [1.29, 1.82) is 0 Å². The average Bonchev–Trinajstić information content (AvgIpc) is 3.66. The lowest BCUT2D eigenvalue weighted by atomic mass is 9.67. The van der Waals surface area contributed by atoms with Crippen LogP contribution in [0.25, 0.3) is 101 Å². The van der Waals surface area contributed by atoms with Crippen molar-refractivity contribution >= 4 is 0 Å². The second-order valence-electron chi connectivity index (χ2n) is 17.9. The lowest BCUT2D eigenvalue weighted by Crippen LogP contribution is -2.28. The molecule has 1 spiro atoms. The van der Waals surface area contributed by atoms with E-state index in [-0.39, 0.29) is 5.41 Å². The van der Waals surface area contributed by atoms with E-state index in [4.69, 9.17) is 15.0 Å². The Morgan fingerprint density at radius 3 is 1.06 bits per heavy atom. The normalized spacial score (nSPS) is 13.6. The standard InChI is InChI=1S/C63H47N3/c1-4-14-43(15-5-1)45-24-30-48(31-25-45)60-64-61(49-32-26-46(27-33-49)44-16-6-2-7-17-44)66-62(65-60)50-34-28-47(29-35-50)51-18-12-19-52(40-51)53-20-13-21-54(41-53)55-36-37-57-56-22-8-9-23-58(56)63(59(57)42-55)38-10-3-11-39-63/h1-2,4-9,12-37,40-42H,3,10-11,38-39H2. The molecule has 1 heterocycles. The SMILES string of the molecule is c1ccc(-c2ccc(-c3nc(-c4ccc(-c5ccccc5)cc4)nc(-c4ccc(-c5cccc(-c6cccc(-c7ccc8c(c7)C7(CCCCC7)c7ccccc7-8)c6)c5)cc4)n3)cc2)cc1. The van der Waals surface area contributed by atoms with Gasteiger partial charge < -0.3 is 0 Å². The lowest BCUT2D eigenvalue weighted by molar-refractivity contribution is 0.353. The number of nitrogens with zero attached hydrogens (tertiary/aromatic N) is 3. The van der Waals surface area contributed by atoms with Gasteiger partial charge in [0.25, 0.3) is 0 Å². The summed E-state index contributed by atoms with van der Waals surface area (Å²) in [6, 6.07) is 80.8. The summed E-state index contributed by atoms with van der Waals surface area (Å²) in [6.07, 6.45) is 6.39. The van der Waals surface area contributed by atoms with Crippen molar-refractivity contribution in [2.24, 2.45) is 0 Å². The van der Waals surface area contributed by atoms with Crippen LogP contribution in [0.2, 0.25) is 0 Å². The fraction of sp³-hybridized carbons (Fsp3) is 0.0952. The molecule has 0 aliphatic heterocycles. The number of rotatable bonds is 8. The molecule has 0 unspecified atom stereocenters. The number of fused-ring (bicyclic) bond motifs is 5. The molecule has 1 aromatic heterocycles. The van der Waals surface area contributed by atoms with Crippen molar-refractivity contribution in [2.45, 2.75) is 37.5 Å². The van der Waals surface area contributed by atoms with E-state index in [1.807, 2.05) is 12.1 Å². The zero-order chi connectivity index (χ0) is 43.9. The van der Waals surface area contributed by atoms with Gasteiger partial charge in [-0.3, -0.25) is 0 Å². The van der Waals surface area contributed by atoms with Gasteiger partial charge in [-0.15, -0.1) is 0 Å². The van der Waals surface area contributed by atoms with Gasteiger partial charge in [-0.2, -0.15) is 0 Å². The van der Waals surface area contributed by atoms with Gasteiger partial charge in [0.2, 0.25) is 0 Å². The van der Waals surface area contributed by atoms with Crippen LogP contribution in [0.3, 0.4) is 0 Å². The molecule has 10 aromatic rings. The van der Waals surface area contributed by atoms with E-state index in [0.717, 1.165) is 38.9 Å². The summed E-state index contributed by atoms with van der Waals surface area (Å²) in [7, 11) is 0. The Labute approximate surface area is 387 Å². The molecule has 1 fully saturated rings. The van der Waals surface area contributed by atoms with Crippen LogP contribution in [0.5, 0.6) is 0 Å². The van der Waals surface area contributed by atoms with E-state index in [9.17, 15) is 0 Å². The summed E-state index contributed by atoms with van der Waals surface area (Å²) < 4.78 is 0. The second kappa shape index (κ2) is 16.8. The van der Waals surface area contributed by atoms with Crippen LogP contribution < -0.4 is 0 Å². The number of hydrogen-bond acceptors (Lipinski definition) is 3. The third-order valence-corrected chi connectivity index (χ3v) is 14.0. The monoisotopic (exact) mass is 845 g/mol. The lowest BCUT2D eigenvalue weighted by Gasteiger charge is -2.36. The van der Waals surface area contributed by atoms with E-state index in [2.05, 4.69) is 212 Å². The molecule has 3 nitrogen and oxygen atoms in total. The van der Waals surface area contributed by atoms with Crippen LogP contribution in [0, 0.1) is 0 Å². The number of benzene rings is 9. The highest BCUT2D eigenvalue weighted by Crippen LogP contribution is 2.56. The first kappa shape index (κ1) is 39.6. The minimum atomic E-state index is 0.139. The Hall–Kier alpha value is -8.01. The molecule has 0 radical (unpaired) electrons. The van der Waals surface area contributed by atoms with Crippen LogP contribution in [-0.2, 0) is 5.41 Å². The number of aromatic nitrogens is 3. The summed E-state index contributed by atoms with van der Waals surface area (Å²) in [5, 5.41) is 0. The minimum absolute atomic E-state index is 0.139. The van der Waals surface area contributed by atoms with E-state index in [1.54, 1.807) is 0 Å². The molecule has 0 N–H and O–H groups in total. The highest BCUT2D eigenvalue weighted by Gasteiger charge is 2.43. The molecule has 1 saturated carbocycles. The Morgan fingerprint density at radius 2 is 0.576 bits per heavy atom. The van der Waals surface area contributed by atoms with Crippen LogP contribution in [0.4, 0.5) is 0 Å². The molecular weight excluding hydrogens is 799 g/mol. The summed E-state index contributed by atoms with van der Waals surface area (Å²) in [4.78, 5) is 15.2. The summed E-state index contributed by atoms with van der Waals surface area (Å²) >= 11 is 0. The predicted molar refractivity (Wildman–Crippen MR) is 273 cm³/mol. The van der Waals surface area contributed by atoms with Crippen molar-refractivity contribution in [2.75, 3.05) is 0 Å². The Kier molecular flexibility index (Phi) is 10.1. The van der Waals surface area contributed by atoms with Gasteiger partial charge in [0, 0.05) is 22.1 Å². The van der Waals surface area contributed by atoms with Crippen LogP contribution >= 0.6 is 0 Å². The van der Waals surface area contributed by atoms with E-state index in [1.165, 1.54) is 87.7 Å². The molecule has 2 aliphatic rings. The largest absolute Gasteiger partial charge is 0.208 e. The molecule has 0 atom stereocenters. The van der Waals surface area contributed by atoms with Gasteiger partial charge in [-0.25, -0.2) is 15.0 Å². The molecular formula is C63H47N3. The smallest absolute Gasteiger partial charge is 0.164 e. The third kappa shape index (κ3) is 7.33. The summed E-state index contributed by atoms with van der Waals surface area (Å²) in [5.74, 6) is 1.91. The van der Waals surface area contributed by atoms with E-state index < -0.39 is 0 Å². The van der Waals surface area contributed by atoms with Crippen LogP contribution in [0.15, 0.2) is 224 Å². The molecule has 66 heavy (non-hydrogen) atoms. The zero-order valence-corrected chi connectivity index (χ0v) is 36.7. The summed E-state index contributed by atoms with van der Waals surface area (Å²) in [5.41, 5.74) is 20.7. The van der Waals surface area contributed by atoms with Gasteiger partial charge in [0.15, 0.2) is 17.5 Å². The maximum absolute atomic E-state index is 5.09. The molecule has 12 rings (SSSR count). The van der Waals surface area contributed by atoms with Crippen LogP contribution in [-0.4, -0.2) is 15.0 Å². The molecule has 3 heteroatoms. The van der Waals surface area contributed by atoms with E-state index in [0.29, 0.717) is 17.5 Å². The van der Waals surface area contributed by atoms with Gasteiger partial charge in [0.05, 0.1) is 0 Å². The maximum atomic E-state index is 5.09. The molecule has 314 valence electrons. The predicted octanol–water partition coefficient (Wildman–Crippen LogP) is 16.4. The van der Waals surface area contributed by atoms with Crippen molar-refractivity contribution in [3.05, 3.63) is 236 Å². The Balaban J connectivity index is 0.850. The first-order chi connectivity index (χ1) is 32.6. The fourth-order valence-corrected chi connectivity index (χ4v) is 10.5. The zero-order valence-electron chi connectivity index (χ0n) is 36.7. The van der Waals surface area contributed by atoms with Gasteiger partial charge in [0.1, 0.15) is 0 Å². The minimum Gasteiger partial charge on any atom is -0.208 e. The maximum Gasteiger partial charge on any atom is 0.164 e. The molecule has 0 bridgehead atoms. The first-order valence-electron chi connectivity index (χ1n) is 23.3. The average molecular weight is 846 g/mol. The van der Waals surface area contributed by atoms with Crippen molar-refractivity contribution in [3.63, 3.8) is 0 Å². The fourth-order valence-electron chi connectivity index (χ4n) is 10.5. The Morgan fingerprint density at radius 1 is 0.242 bits per heavy atom. The van der Waals surface area contributed by atoms with Crippen molar-refractivity contribution in [1.82, 2.24) is 15.0 Å². The molecule has 9 aromatic carbocycles. The Bertz CT molecular complexity index is 3250. The highest BCUT2D eigenvalue weighted by molar-refractivity contribution is 5.85. The van der Waals surface area contributed by atoms with Crippen molar-refractivity contribution in [3.8, 4) is 101 Å². The van der Waals surface area contributed by atoms with Gasteiger partial charge in [-0.1, -0.05) is 226 Å². The molecule has 0 amide bonds. The second-order valence-corrected chi connectivity index (χ2v) is 17.9. The summed E-state index contributed by atoms with van der Waals surface area (Å²) in [6.45, 7) is 0. The quantitative estimate of drug-likeness (QED) is 0.153. The van der Waals surface area contributed by atoms with Crippen LogP contribution in [0.1, 0.15) is 43.2 Å². The van der Waals surface area contributed by atoms with E-state index >= 15 is 0 Å². The number of hydrogen-bond donors (Lipinski definition) is 0. The highest BCUT2D eigenvalue weighted by atomic mass is 15.0. The van der Waals surface area contributed by atoms with Gasteiger partial charge >= 0.3 is 0 Å². The molecule has 0 saturated heterocycles. The molecule has 2 aliphatic carbocycles.